The molecule has 1 aliphatic rings. The molecule has 1 amide bonds. The average molecular weight is 403 g/mol. The maximum absolute atomic E-state index is 12.6. The smallest absolute Gasteiger partial charge is 0.256 e. The van der Waals surface area contributed by atoms with Gasteiger partial charge in [-0.2, -0.15) is 5.26 Å². The number of anilines is 1. The molecule has 0 bridgehead atoms. The molecule has 0 radical (unpaired) electrons. The van der Waals surface area contributed by atoms with Gasteiger partial charge in [-0.1, -0.05) is 6.42 Å². The van der Waals surface area contributed by atoms with Gasteiger partial charge in [-0.15, -0.1) is 11.3 Å². The summed E-state index contributed by atoms with van der Waals surface area (Å²) in [5, 5.41) is 12.5. The Hall–Kier alpha value is -2.17. The summed E-state index contributed by atoms with van der Waals surface area (Å²) in [4.78, 5) is 14.0. The topological polar surface area (TPSA) is 87.0 Å². The van der Waals surface area contributed by atoms with Crippen molar-refractivity contribution >= 4 is 32.1 Å². The number of carbonyl (C=O) groups excluding carboxylic acids is 1. The van der Waals surface area contributed by atoms with Gasteiger partial charge in [0, 0.05) is 10.4 Å². The third kappa shape index (κ3) is 3.92. The van der Waals surface area contributed by atoms with Gasteiger partial charge in [0.15, 0.2) is 9.84 Å². The molecule has 0 atom stereocenters. The van der Waals surface area contributed by atoms with Crippen LogP contribution < -0.4 is 5.32 Å². The molecule has 142 valence electrons. The number of benzene rings is 1. The summed E-state index contributed by atoms with van der Waals surface area (Å²) in [6, 6.07) is 8.18. The Kier molecular flexibility index (Phi) is 5.68. The van der Waals surface area contributed by atoms with Crippen LogP contribution in [0.25, 0.3) is 0 Å². The molecule has 0 saturated heterocycles. The van der Waals surface area contributed by atoms with Crippen molar-refractivity contribution in [3.8, 4) is 6.07 Å². The molecular weight excluding hydrogens is 380 g/mol. The van der Waals surface area contributed by atoms with Crippen LogP contribution in [0.2, 0.25) is 0 Å². The van der Waals surface area contributed by atoms with Crippen LogP contribution in [0.5, 0.6) is 0 Å². The van der Waals surface area contributed by atoms with E-state index >= 15 is 0 Å². The summed E-state index contributed by atoms with van der Waals surface area (Å²) < 4.78 is 24.4. The molecule has 1 aliphatic carbocycles. The van der Waals surface area contributed by atoms with Gasteiger partial charge in [0.25, 0.3) is 5.91 Å². The highest BCUT2D eigenvalue weighted by atomic mass is 32.2. The van der Waals surface area contributed by atoms with E-state index in [1.165, 1.54) is 46.9 Å². The second-order valence-electron chi connectivity index (χ2n) is 6.95. The number of rotatable bonds is 4. The van der Waals surface area contributed by atoms with Gasteiger partial charge in [0.05, 0.1) is 15.7 Å². The summed E-state index contributed by atoms with van der Waals surface area (Å²) in [6.45, 7) is 3.25. The molecule has 0 saturated carbocycles. The van der Waals surface area contributed by atoms with E-state index in [0.717, 1.165) is 31.2 Å². The normalized spacial score (nSPS) is 14.3. The highest BCUT2D eigenvalue weighted by Crippen LogP contribution is 2.37. The van der Waals surface area contributed by atoms with Crippen molar-refractivity contribution in [3.63, 3.8) is 0 Å². The number of fused-ring (bicyclic) bond motifs is 1. The van der Waals surface area contributed by atoms with Crippen molar-refractivity contribution in [3.05, 3.63) is 45.8 Å². The lowest BCUT2D eigenvalue weighted by Gasteiger charge is -2.09. The fourth-order valence-electron chi connectivity index (χ4n) is 3.19. The minimum absolute atomic E-state index is 0.203. The molecular formula is C20H22N2O3S2. The van der Waals surface area contributed by atoms with Gasteiger partial charge in [0.2, 0.25) is 0 Å². The summed E-state index contributed by atoms with van der Waals surface area (Å²) in [6.07, 6.45) is 5.17. The number of carbonyl (C=O) groups is 1. The van der Waals surface area contributed by atoms with Crippen molar-refractivity contribution in [2.75, 3.05) is 5.32 Å². The molecule has 27 heavy (non-hydrogen) atoms. The van der Waals surface area contributed by atoms with Crippen molar-refractivity contribution in [1.82, 2.24) is 0 Å². The lowest BCUT2D eigenvalue weighted by atomic mass is 10.1. The standard InChI is InChI=1S/C20H22N2O3S2/c1-13(2)27(24,25)15-10-8-14(9-11-15)19(23)22-20-17(12-21)16-6-4-3-5-7-18(16)26-20/h8-11,13H,3-7H2,1-2H3,(H,22,23). The van der Waals surface area contributed by atoms with Crippen LogP contribution in [0, 0.1) is 11.3 Å². The fourth-order valence-corrected chi connectivity index (χ4v) is 5.49. The van der Waals surface area contributed by atoms with Crippen LogP contribution in [0.3, 0.4) is 0 Å². The zero-order valence-corrected chi connectivity index (χ0v) is 17.0. The highest BCUT2D eigenvalue weighted by Gasteiger charge is 2.22. The Morgan fingerprint density at radius 3 is 2.44 bits per heavy atom. The molecule has 0 spiro atoms. The first kappa shape index (κ1) is 19.6. The monoisotopic (exact) mass is 402 g/mol. The molecule has 3 rings (SSSR count). The van der Waals surface area contributed by atoms with Crippen molar-refractivity contribution in [2.24, 2.45) is 0 Å². The summed E-state index contributed by atoms with van der Waals surface area (Å²) in [5.74, 6) is -0.337. The van der Waals surface area contributed by atoms with Crippen LogP contribution >= 0.6 is 11.3 Å². The number of hydrogen-bond acceptors (Lipinski definition) is 5. The van der Waals surface area contributed by atoms with Crippen LogP contribution in [0.1, 0.15) is 59.5 Å². The number of nitrogens with one attached hydrogen (secondary N) is 1. The van der Waals surface area contributed by atoms with Gasteiger partial charge in [-0.25, -0.2) is 8.42 Å². The average Bonchev–Trinajstić information content (AvgIpc) is 2.81. The van der Waals surface area contributed by atoms with Crippen LogP contribution in [-0.4, -0.2) is 19.6 Å². The van der Waals surface area contributed by atoms with E-state index in [0.29, 0.717) is 16.1 Å². The SMILES string of the molecule is CC(C)S(=O)(=O)c1ccc(C(=O)Nc2sc3c(c2C#N)CCCCC3)cc1. The predicted octanol–water partition coefficient (Wildman–Crippen LogP) is 4.32. The Morgan fingerprint density at radius 2 is 1.81 bits per heavy atom. The predicted molar refractivity (Wildman–Crippen MR) is 107 cm³/mol. The quantitative estimate of drug-likeness (QED) is 0.772. The van der Waals surface area contributed by atoms with E-state index in [4.69, 9.17) is 0 Å². The van der Waals surface area contributed by atoms with Crippen LogP contribution in [0.15, 0.2) is 29.2 Å². The third-order valence-electron chi connectivity index (χ3n) is 4.83. The fraction of sp³-hybridized carbons (Fsp3) is 0.400. The van der Waals surface area contributed by atoms with Gasteiger partial charge >= 0.3 is 0 Å². The number of nitrogens with zero attached hydrogens (tertiary/aromatic N) is 1. The van der Waals surface area contributed by atoms with Crippen molar-refractivity contribution in [1.29, 1.82) is 5.26 Å². The number of aryl methyl sites for hydroxylation is 1. The Morgan fingerprint density at radius 1 is 1.15 bits per heavy atom. The molecule has 0 aliphatic heterocycles. The maximum Gasteiger partial charge on any atom is 0.256 e. The van der Waals surface area contributed by atoms with Gasteiger partial charge in [-0.05, 0) is 69.4 Å². The van der Waals surface area contributed by atoms with Gasteiger partial charge < -0.3 is 5.32 Å². The molecule has 1 heterocycles. The number of thiophene rings is 1. The second-order valence-corrected chi connectivity index (χ2v) is 10.6. The van der Waals surface area contributed by atoms with E-state index in [1.807, 2.05) is 0 Å². The van der Waals surface area contributed by atoms with Gasteiger partial charge in [-0.3, -0.25) is 4.79 Å². The maximum atomic E-state index is 12.6. The molecule has 5 nitrogen and oxygen atoms in total. The largest absolute Gasteiger partial charge is 0.312 e. The Labute approximate surface area is 164 Å². The first-order valence-corrected chi connectivity index (χ1v) is 11.4. The molecule has 0 fully saturated rings. The van der Waals surface area contributed by atoms with E-state index < -0.39 is 15.1 Å². The number of hydrogen-bond donors (Lipinski definition) is 1. The Bertz CT molecular complexity index is 997. The first-order valence-electron chi connectivity index (χ1n) is 9.04. The van der Waals surface area contributed by atoms with Gasteiger partial charge in [0.1, 0.15) is 11.1 Å². The van der Waals surface area contributed by atoms with Crippen molar-refractivity contribution < 1.29 is 13.2 Å². The van der Waals surface area contributed by atoms with E-state index in [9.17, 15) is 18.5 Å². The first-order chi connectivity index (χ1) is 12.8. The van der Waals surface area contributed by atoms with Crippen molar-refractivity contribution in [2.45, 2.75) is 56.1 Å². The van der Waals surface area contributed by atoms with Crippen LogP contribution in [-0.2, 0) is 22.7 Å². The summed E-state index contributed by atoms with van der Waals surface area (Å²) >= 11 is 1.48. The zero-order chi connectivity index (χ0) is 19.6. The number of nitriles is 1. The zero-order valence-electron chi connectivity index (χ0n) is 15.4. The lowest BCUT2D eigenvalue weighted by molar-refractivity contribution is 0.102. The minimum atomic E-state index is -3.37. The third-order valence-corrected chi connectivity index (χ3v) is 8.20. The molecule has 1 aromatic carbocycles. The molecule has 1 aromatic heterocycles. The van der Waals surface area contributed by atoms with E-state index in [1.54, 1.807) is 13.8 Å². The molecule has 1 N–H and O–H groups in total. The highest BCUT2D eigenvalue weighted by molar-refractivity contribution is 7.92. The van der Waals surface area contributed by atoms with Crippen LogP contribution in [0.4, 0.5) is 5.00 Å². The molecule has 2 aromatic rings. The second kappa shape index (κ2) is 7.83. The van der Waals surface area contributed by atoms with E-state index in [-0.39, 0.29) is 10.8 Å². The summed E-state index contributed by atoms with van der Waals surface area (Å²) in [7, 11) is -3.37. The molecule has 7 heteroatoms. The minimum Gasteiger partial charge on any atom is -0.312 e. The van der Waals surface area contributed by atoms with E-state index in [2.05, 4.69) is 11.4 Å². The lowest BCUT2D eigenvalue weighted by Crippen LogP contribution is -2.15. The number of sulfone groups is 1. The molecule has 0 unspecified atom stereocenters. The number of amides is 1. The summed E-state index contributed by atoms with van der Waals surface area (Å²) in [5.41, 5.74) is 2.02. The Balaban J connectivity index is 1.83.